The van der Waals surface area contributed by atoms with Crippen molar-refractivity contribution >= 4 is 33.9 Å². The van der Waals surface area contributed by atoms with Gasteiger partial charge in [0.15, 0.2) is 11.3 Å². The third-order valence-corrected chi connectivity index (χ3v) is 5.22. The fraction of sp³-hybridized carbons (Fsp3) is 0.227. The Bertz CT molecular complexity index is 1250. The van der Waals surface area contributed by atoms with Crippen molar-refractivity contribution in [1.82, 2.24) is 9.88 Å². The lowest BCUT2D eigenvalue weighted by Crippen LogP contribution is -2.34. The standard InChI is InChI=1S/C22H18N2O5/c25-20-3-1-2-8-24(20)12-13-4-7-17-15(9-13)11-19(28-17)21-23-16-6-5-14(22(26)27)10-18(16)29-21/h4-7,9-11H,1-3,8,12H2,(H,26,27). The number of aromatic carboxylic acids is 1. The fourth-order valence-electron chi connectivity index (χ4n) is 3.71. The number of amides is 1. The molecule has 146 valence electrons. The monoisotopic (exact) mass is 390 g/mol. The number of rotatable bonds is 4. The maximum atomic E-state index is 12.1. The van der Waals surface area contributed by atoms with Crippen LogP contribution in [0.3, 0.4) is 0 Å². The number of furan rings is 1. The van der Waals surface area contributed by atoms with E-state index in [9.17, 15) is 9.59 Å². The van der Waals surface area contributed by atoms with Gasteiger partial charge < -0.3 is 18.8 Å². The number of carboxylic acid groups (broad SMARTS) is 1. The third kappa shape index (κ3) is 3.24. The van der Waals surface area contributed by atoms with Crippen LogP contribution in [0.5, 0.6) is 0 Å². The van der Waals surface area contributed by atoms with E-state index in [1.807, 2.05) is 29.2 Å². The van der Waals surface area contributed by atoms with E-state index >= 15 is 0 Å². The number of aromatic nitrogens is 1. The normalized spacial score (nSPS) is 14.8. The Labute approximate surface area is 165 Å². The van der Waals surface area contributed by atoms with Crippen molar-refractivity contribution in [3.05, 3.63) is 53.6 Å². The van der Waals surface area contributed by atoms with Gasteiger partial charge in [0.25, 0.3) is 5.89 Å². The maximum absolute atomic E-state index is 12.1. The lowest BCUT2D eigenvalue weighted by molar-refractivity contribution is -0.133. The summed E-state index contributed by atoms with van der Waals surface area (Å²) in [5, 5.41) is 10.0. The van der Waals surface area contributed by atoms with Crippen molar-refractivity contribution in [2.24, 2.45) is 0 Å². The van der Waals surface area contributed by atoms with E-state index in [-0.39, 0.29) is 11.5 Å². The van der Waals surface area contributed by atoms with Crippen LogP contribution in [-0.4, -0.2) is 33.4 Å². The minimum absolute atomic E-state index is 0.140. The molecular formula is C22H18N2O5. The van der Waals surface area contributed by atoms with E-state index < -0.39 is 5.97 Å². The molecule has 1 fully saturated rings. The third-order valence-electron chi connectivity index (χ3n) is 5.22. The van der Waals surface area contributed by atoms with Crippen LogP contribution in [0.25, 0.3) is 33.7 Å². The fourth-order valence-corrected chi connectivity index (χ4v) is 3.71. The highest BCUT2D eigenvalue weighted by Gasteiger charge is 2.19. The number of carbonyl (C=O) groups excluding carboxylic acids is 1. The number of carboxylic acids is 1. The molecule has 1 amide bonds. The van der Waals surface area contributed by atoms with E-state index in [0.717, 1.165) is 30.3 Å². The first kappa shape index (κ1) is 17.5. The predicted octanol–water partition coefficient (Wildman–Crippen LogP) is 4.45. The van der Waals surface area contributed by atoms with Crippen LogP contribution in [-0.2, 0) is 11.3 Å². The highest BCUT2D eigenvalue weighted by atomic mass is 16.4. The first-order chi connectivity index (χ1) is 14.1. The summed E-state index contributed by atoms with van der Waals surface area (Å²) in [5.74, 6) is -0.0458. The number of fused-ring (bicyclic) bond motifs is 2. The average molecular weight is 390 g/mol. The molecule has 0 atom stereocenters. The second-order valence-corrected chi connectivity index (χ2v) is 7.26. The minimum Gasteiger partial charge on any atom is -0.478 e. The highest BCUT2D eigenvalue weighted by molar-refractivity contribution is 5.92. The van der Waals surface area contributed by atoms with Gasteiger partial charge in [-0.3, -0.25) is 4.79 Å². The first-order valence-corrected chi connectivity index (χ1v) is 9.51. The number of oxazole rings is 1. The molecule has 1 aliphatic heterocycles. The van der Waals surface area contributed by atoms with Gasteiger partial charge in [-0.1, -0.05) is 6.07 Å². The smallest absolute Gasteiger partial charge is 0.335 e. The number of carbonyl (C=O) groups is 2. The highest BCUT2D eigenvalue weighted by Crippen LogP contribution is 2.31. The van der Waals surface area contributed by atoms with Crippen LogP contribution in [0, 0.1) is 0 Å². The summed E-state index contributed by atoms with van der Waals surface area (Å²) < 4.78 is 11.6. The molecule has 2 aromatic heterocycles. The molecule has 0 aliphatic carbocycles. The van der Waals surface area contributed by atoms with Gasteiger partial charge in [-0.05, 0) is 54.8 Å². The van der Waals surface area contributed by atoms with Gasteiger partial charge in [0.1, 0.15) is 11.1 Å². The number of piperidine rings is 1. The van der Waals surface area contributed by atoms with Gasteiger partial charge in [0.2, 0.25) is 5.91 Å². The van der Waals surface area contributed by atoms with Crippen molar-refractivity contribution in [3.8, 4) is 11.7 Å². The molecule has 2 aromatic carbocycles. The molecule has 1 N–H and O–H groups in total. The molecule has 0 radical (unpaired) electrons. The van der Waals surface area contributed by atoms with Crippen molar-refractivity contribution in [3.63, 3.8) is 0 Å². The van der Waals surface area contributed by atoms with Crippen molar-refractivity contribution in [2.45, 2.75) is 25.8 Å². The van der Waals surface area contributed by atoms with Crippen LogP contribution in [0.2, 0.25) is 0 Å². The Hall–Kier alpha value is -3.61. The van der Waals surface area contributed by atoms with E-state index in [0.29, 0.717) is 41.3 Å². The summed E-state index contributed by atoms with van der Waals surface area (Å²) in [6, 6.07) is 12.3. The van der Waals surface area contributed by atoms with E-state index in [2.05, 4.69) is 4.98 Å². The summed E-state index contributed by atoms with van der Waals surface area (Å²) in [7, 11) is 0. The number of likely N-dealkylation sites (tertiary alicyclic amines) is 1. The second-order valence-electron chi connectivity index (χ2n) is 7.26. The van der Waals surface area contributed by atoms with Gasteiger partial charge in [-0.15, -0.1) is 0 Å². The molecular weight excluding hydrogens is 372 g/mol. The molecule has 7 heteroatoms. The quantitative estimate of drug-likeness (QED) is 0.553. The molecule has 3 heterocycles. The Morgan fingerprint density at radius 2 is 1.97 bits per heavy atom. The van der Waals surface area contributed by atoms with E-state index in [1.54, 1.807) is 6.07 Å². The Balaban J connectivity index is 1.46. The van der Waals surface area contributed by atoms with Gasteiger partial charge in [-0.25, -0.2) is 9.78 Å². The average Bonchev–Trinajstić information content (AvgIpc) is 3.32. The van der Waals surface area contributed by atoms with E-state index in [1.165, 1.54) is 12.1 Å². The number of hydrogen-bond acceptors (Lipinski definition) is 5. The lowest BCUT2D eigenvalue weighted by atomic mass is 10.1. The zero-order chi connectivity index (χ0) is 20.0. The summed E-state index contributed by atoms with van der Waals surface area (Å²) in [6.07, 6.45) is 2.64. The SMILES string of the molecule is O=C(O)c1ccc2nc(-c3cc4cc(CN5CCCCC5=O)ccc4o3)oc2c1. The molecule has 0 bridgehead atoms. The molecule has 5 rings (SSSR count). The number of benzene rings is 2. The van der Waals surface area contributed by atoms with Crippen LogP contribution in [0.4, 0.5) is 0 Å². The summed E-state index contributed by atoms with van der Waals surface area (Å²) in [6.45, 7) is 1.39. The Kier molecular flexibility index (Phi) is 4.08. The zero-order valence-corrected chi connectivity index (χ0v) is 15.6. The molecule has 4 aromatic rings. The van der Waals surface area contributed by atoms with Crippen molar-refractivity contribution in [2.75, 3.05) is 6.54 Å². The second kappa shape index (κ2) is 6.77. The van der Waals surface area contributed by atoms with Crippen LogP contribution in [0.1, 0.15) is 35.2 Å². The topological polar surface area (TPSA) is 96.8 Å². The lowest BCUT2D eigenvalue weighted by Gasteiger charge is -2.26. The predicted molar refractivity (Wildman–Crippen MR) is 105 cm³/mol. The molecule has 1 aliphatic rings. The van der Waals surface area contributed by atoms with Gasteiger partial charge >= 0.3 is 5.97 Å². The maximum Gasteiger partial charge on any atom is 0.335 e. The van der Waals surface area contributed by atoms with Gasteiger partial charge in [-0.2, -0.15) is 0 Å². The molecule has 0 unspecified atom stereocenters. The first-order valence-electron chi connectivity index (χ1n) is 9.51. The summed E-state index contributed by atoms with van der Waals surface area (Å²) in [4.78, 5) is 29.5. The summed E-state index contributed by atoms with van der Waals surface area (Å²) in [5.41, 5.74) is 2.84. The van der Waals surface area contributed by atoms with Crippen LogP contribution < -0.4 is 0 Å². The molecule has 29 heavy (non-hydrogen) atoms. The zero-order valence-electron chi connectivity index (χ0n) is 15.6. The number of hydrogen-bond donors (Lipinski definition) is 1. The van der Waals surface area contributed by atoms with Gasteiger partial charge in [0.05, 0.1) is 5.56 Å². The van der Waals surface area contributed by atoms with Gasteiger partial charge in [0, 0.05) is 24.9 Å². The molecule has 0 saturated carbocycles. The van der Waals surface area contributed by atoms with Crippen molar-refractivity contribution in [1.29, 1.82) is 0 Å². The number of nitrogens with zero attached hydrogens (tertiary/aromatic N) is 2. The van der Waals surface area contributed by atoms with E-state index in [4.69, 9.17) is 13.9 Å². The van der Waals surface area contributed by atoms with Crippen LogP contribution >= 0.6 is 0 Å². The molecule has 7 nitrogen and oxygen atoms in total. The summed E-state index contributed by atoms with van der Waals surface area (Å²) >= 11 is 0. The minimum atomic E-state index is -1.02. The Morgan fingerprint density at radius 3 is 2.79 bits per heavy atom. The molecule has 1 saturated heterocycles. The Morgan fingerprint density at radius 1 is 1.07 bits per heavy atom. The van der Waals surface area contributed by atoms with Crippen molar-refractivity contribution < 1.29 is 23.5 Å². The largest absolute Gasteiger partial charge is 0.478 e. The van der Waals surface area contributed by atoms with Crippen LogP contribution in [0.15, 0.2) is 51.3 Å². The molecule has 0 spiro atoms.